The molecule has 58 valence electrons. The highest BCUT2D eigenvalue weighted by Gasteiger charge is 2.44. The van der Waals surface area contributed by atoms with Gasteiger partial charge in [0.1, 0.15) is 12.2 Å². The van der Waals surface area contributed by atoms with Gasteiger partial charge in [-0.15, -0.1) is 12.4 Å². The zero-order valence-corrected chi connectivity index (χ0v) is 6.37. The molecule has 0 amide bonds. The smallest absolute Gasteiger partial charge is 0.161 e. The number of halogens is 1. The summed E-state index contributed by atoms with van der Waals surface area (Å²) in [6.45, 7) is 2.05. The largest absolute Gasteiger partial charge is 0.364 e. The highest BCUT2D eigenvalue weighted by atomic mass is 35.5. The van der Waals surface area contributed by atoms with Crippen LogP contribution < -0.4 is 5.32 Å². The van der Waals surface area contributed by atoms with E-state index in [0.29, 0.717) is 13.0 Å². The molecule has 0 aromatic rings. The molecule has 2 saturated heterocycles. The number of hydrogen-bond donors (Lipinski definition) is 1. The Morgan fingerprint density at radius 2 is 2.20 bits per heavy atom. The van der Waals surface area contributed by atoms with Crippen LogP contribution in [0.2, 0.25) is 0 Å². The lowest BCUT2D eigenvalue weighted by atomic mass is 9.93. The van der Waals surface area contributed by atoms with E-state index in [1.807, 2.05) is 0 Å². The molecule has 2 fully saturated rings. The fraction of sp³-hybridized carbons (Fsp3) is 0.833. The van der Waals surface area contributed by atoms with Crippen LogP contribution in [0.1, 0.15) is 6.42 Å². The number of carbonyl (C=O) groups excluding carboxylic acids is 1. The van der Waals surface area contributed by atoms with Gasteiger partial charge in [-0.3, -0.25) is 4.79 Å². The monoisotopic (exact) mass is 163 g/mol. The van der Waals surface area contributed by atoms with Crippen molar-refractivity contribution in [1.82, 2.24) is 5.32 Å². The number of nitrogens with one attached hydrogen (secondary N) is 1. The molecule has 4 heteroatoms. The van der Waals surface area contributed by atoms with Gasteiger partial charge >= 0.3 is 0 Å². The fourth-order valence-electron chi connectivity index (χ4n) is 1.33. The Hall–Kier alpha value is -0.120. The second-order valence-electron chi connectivity index (χ2n) is 2.79. The Labute approximate surface area is 65.5 Å². The van der Waals surface area contributed by atoms with Crippen molar-refractivity contribution < 1.29 is 9.53 Å². The Kier molecular flexibility index (Phi) is 1.99. The maximum Gasteiger partial charge on any atom is 0.161 e. The van der Waals surface area contributed by atoms with Gasteiger partial charge in [0.15, 0.2) is 5.78 Å². The number of hydrogen-bond acceptors (Lipinski definition) is 3. The molecule has 2 aliphatic rings. The number of ketones is 1. The summed E-state index contributed by atoms with van der Waals surface area (Å²) in [5.74, 6) is 0.247. The lowest BCUT2D eigenvalue weighted by Crippen LogP contribution is -2.59. The van der Waals surface area contributed by atoms with Gasteiger partial charge in [-0.2, -0.15) is 0 Å². The first-order valence-electron chi connectivity index (χ1n) is 3.17. The second-order valence-corrected chi connectivity index (χ2v) is 2.79. The first-order chi connectivity index (χ1) is 4.31. The maximum absolute atomic E-state index is 10.7. The average Bonchev–Trinajstić information content (AvgIpc) is 2.09. The van der Waals surface area contributed by atoms with E-state index in [-0.39, 0.29) is 23.8 Å². The van der Waals surface area contributed by atoms with Crippen molar-refractivity contribution in [2.75, 3.05) is 19.7 Å². The third kappa shape index (κ3) is 1.05. The van der Waals surface area contributed by atoms with E-state index >= 15 is 0 Å². The molecule has 0 bridgehead atoms. The van der Waals surface area contributed by atoms with E-state index < -0.39 is 0 Å². The number of ether oxygens (including phenoxy) is 1. The fourth-order valence-corrected chi connectivity index (χ4v) is 1.33. The minimum Gasteiger partial charge on any atom is -0.364 e. The first kappa shape index (κ1) is 7.98. The summed E-state index contributed by atoms with van der Waals surface area (Å²) in [6, 6.07) is 0. The molecule has 1 N–H and O–H groups in total. The minimum absolute atomic E-state index is 0. The predicted octanol–water partition coefficient (Wildman–Crippen LogP) is -0.260. The van der Waals surface area contributed by atoms with Gasteiger partial charge in [0.25, 0.3) is 0 Å². The molecule has 0 saturated carbocycles. The van der Waals surface area contributed by atoms with Crippen molar-refractivity contribution in [3.63, 3.8) is 0 Å². The molecule has 2 rings (SSSR count). The van der Waals surface area contributed by atoms with Crippen LogP contribution >= 0.6 is 12.4 Å². The van der Waals surface area contributed by atoms with Gasteiger partial charge < -0.3 is 10.1 Å². The van der Waals surface area contributed by atoms with Crippen LogP contribution in [-0.2, 0) is 9.53 Å². The third-order valence-corrected chi connectivity index (χ3v) is 1.95. The number of carbonyl (C=O) groups is 1. The zero-order chi connectivity index (χ0) is 6.32. The van der Waals surface area contributed by atoms with Crippen molar-refractivity contribution >= 4 is 18.2 Å². The zero-order valence-electron chi connectivity index (χ0n) is 5.55. The van der Waals surface area contributed by atoms with E-state index in [4.69, 9.17) is 4.74 Å². The molecule has 0 aliphatic carbocycles. The maximum atomic E-state index is 10.7. The van der Waals surface area contributed by atoms with Crippen LogP contribution in [0.5, 0.6) is 0 Å². The SMILES string of the molecule is Cl.O=C1COC2(CNC2)C1. The number of rotatable bonds is 0. The molecule has 2 heterocycles. The van der Waals surface area contributed by atoms with Crippen molar-refractivity contribution in [2.45, 2.75) is 12.0 Å². The summed E-state index contributed by atoms with van der Waals surface area (Å²) in [5.41, 5.74) is -0.0723. The van der Waals surface area contributed by atoms with Crippen molar-refractivity contribution in [2.24, 2.45) is 0 Å². The Balaban J connectivity index is 0.000000500. The molecule has 0 atom stereocenters. The normalized spacial score (nSPS) is 27.8. The Bertz CT molecular complexity index is 156. The van der Waals surface area contributed by atoms with Crippen LogP contribution in [0.3, 0.4) is 0 Å². The third-order valence-electron chi connectivity index (χ3n) is 1.95. The molecular formula is C6H10ClNO2. The summed E-state index contributed by atoms with van der Waals surface area (Å²) in [6.07, 6.45) is 0.625. The van der Waals surface area contributed by atoms with Gasteiger partial charge in [-0.05, 0) is 0 Å². The van der Waals surface area contributed by atoms with Crippen molar-refractivity contribution in [3.05, 3.63) is 0 Å². The predicted molar refractivity (Wildman–Crippen MR) is 38.4 cm³/mol. The quantitative estimate of drug-likeness (QED) is 0.535. The highest BCUT2D eigenvalue weighted by Crippen LogP contribution is 2.26. The molecule has 0 aromatic carbocycles. The van der Waals surface area contributed by atoms with E-state index in [9.17, 15) is 4.79 Å². The van der Waals surface area contributed by atoms with Crippen LogP contribution in [0, 0.1) is 0 Å². The molecule has 0 unspecified atom stereocenters. The molecule has 0 radical (unpaired) electrons. The van der Waals surface area contributed by atoms with Gasteiger partial charge in [-0.25, -0.2) is 0 Å². The topological polar surface area (TPSA) is 38.3 Å². The highest BCUT2D eigenvalue weighted by molar-refractivity contribution is 5.85. The Morgan fingerprint density at radius 1 is 1.50 bits per heavy atom. The second kappa shape index (κ2) is 2.49. The average molecular weight is 164 g/mol. The van der Waals surface area contributed by atoms with Gasteiger partial charge in [0, 0.05) is 19.5 Å². The molecule has 0 aromatic heterocycles. The van der Waals surface area contributed by atoms with Crippen LogP contribution in [-0.4, -0.2) is 31.1 Å². The standard InChI is InChI=1S/C6H9NO2.ClH/c8-5-1-6(9-2-5)3-7-4-6;/h7H,1-4H2;1H. The molecule has 1 spiro atoms. The van der Waals surface area contributed by atoms with E-state index in [2.05, 4.69) is 5.32 Å². The summed E-state index contributed by atoms with van der Waals surface area (Å²) in [5, 5.41) is 3.09. The number of Topliss-reactive ketones (excluding diaryl/α,β-unsaturated/α-hetero) is 1. The summed E-state index contributed by atoms with van der Waals surface area (Å²) < 4.78 is 5.28. The lowest BCUT2D eigenvalue weighted by molar-refractivity contribution is -0.117. The van der Waals surface area contributed by atoms with Crippen LogP contribution in [0.15, 0.2) is 0 Å². The van der Waals surface area contributed by atoms with E-state index in [1.54, 1.807) is 0 Å². The van der Waals surface area contributed by atoms with Crippen molar-refractivity contribution in [1.29, 1.82) is 0 Å². The van der Waals surface area contributed by atoms with E-state index in [1.165, 1.54) is 0 Å². The lowest BCUT2D eigenvalue weighted by Gasteiger charge is -2.37. The van der Waals surface area contributed by atoms with Crippen LogP contribution in [0.4, 0.5) is 0 Å². The molecule has 3 nitrogen and oxygen atoms in total. The summed E-state index contributed by atoms with van der Waals surface area (Å²) in [7, 11) is 0. The van der Waals surface area contributed by atoms with Crippen LogP contribution in [0.25, 0.3) is 0 Å². The van der Waals surface area contributed by atoms with Gasteiger partial charge in [-0.1, -0.05) is 0 Å². The van der Waals surface area contributed by atoms with Crippen molar-refractivity contribution in [3.8, 4) is 0 Å². The first-order valence-corrected chi connectivity index (χ1v) is 3.17. The molecule has 2 aliphatic heterocycles. The van der Waals surface area contributed by atoms with Gasteiger partial charge in [0.05, 0.1) is 0 Å². The Morgan fingerprint density at radius 3 is 2.40 bits per heavy atom. The minimum atomic E-state index is -0.0723. The van der Waals surface area contributed by atoms with E-state index in [0.717, 1.165) is 13.1 Å². The van der Waals surface area contributed by atoms with Gasteiger partial charge in [0.2, 0.25) is 0 Å². The summed E-state index contributed by atoms with van der Waals surface area (Å²) in [4.78, 5) is 10.7. The molecular weight excluding hydrogens is 154 g/mol. The summed E-state index contributed by atoms with van der Waals surface area (Å²) >= 11 is 0. The molecule has 10 heavy (non-hydrogen) atoms.